The SMILES string of the molecule is CN(C)C(CNC(=O)c1ccccc1SCc1cscn1)c1ccccc1Cl. The van der Waals surface area contributed by atoms with E-state index in [1.54, 1.807) is 23.1 Å². The Morgan fingerprint density at radius 1 is 1.21 bits per heavy atom. The number of hydrogen-bond acceptors (Lipinski definition) is 5. The van der Waals surface area contributed by atoms with Gasteiger partial charge in [-0.2, -0.15) is 0 Å². The lowest BCUT2D eigenvalue weighted by molar-refractivity contribution is 0.0939. The van der Waals surface area contributed by atoms with Crippen LogP contribution in [0.25, 0.3) is 0 Å². The molecule has 1 atom stereocenters. The van der Waals surface area contributed by atoms with Crippen LogP contribution in [0.2, 0.25) is 5.02 Å². The van der Waals surface area contributed by atoms with Crippen molar-refractivity contribution in [2.45, 2.75) is 16.7 Å². The first-order valence-corrected chi connectivity index (χ1v) is 11.1. The first-order chi connectivity index (χ1) is 13.6. The number of rotatable bonds is 8. The lowest BCUT2D eigenvalue weighted by Gasteiger charge is -2.26. The molecule has 0 radical (unpaired) electrons. The second-order valence-corrected chi connectivity index (χ2v) is 8.62. The summed E-state index contributed by atoms with van der Waals surface area (Å²) in [6.45, 7) is 0.473. The molecule has 3 aromatic rings. The van der Waals surface area contributed by atoms with Gasteiger partial charge in [-0.3, -0.25) is 4.79 Å². The normalized spacial score (nSPS) is 12.1. The number of carbonyl (C=O) groups is 1. The minimum absolute atomic E-state index is 0.00697. The predicted molar refractivity (Wildman–Crippen MR) is 118 cm³/mol. The van der Waals surface area contributed by atoms with Crippen molar-refractivity contribution in [1.29, 1.82) is 0 Å². The Hall–Kier alpha value is -1.86. The molecule has 2 aromatic carbocycles. The zero-order valence-corrected chi connectivity index (χ0v) is 18.2. The van der Waals surface area contributed by atoms with Gasteiger partial charge in [-0.25, -0.2) is 4.98 Å². The van der Waals surface area contributed by atoms with E-state index in [2.05, 4.69) is 15.2 Å². The molecule has 7 heteroatoms. The molecule has 0 aliphatic carbocycles. The van der Waals surface area contributed by atoms with Crippen molar-refractivity contribution >= 4 is 40.6 Å². The number of likely N-dealkylation sites (N-methyl/N-ethyl adjacent to an activating group) is 1. The summed E-state index contributed by atoms with van der Waals surface area (Å²) in [5.74, 6) is 0.661. The quantitative estimate of drug-likeness (QED) is 0.502. The van der Waals surface area contributed by atoms with Crippen LogP contribution in [0.15, 0.2) is 64.3 Å². The Kier molecular flexibility index (Phi) is 7.50. The summed E-state index contributed by atoms with van der Waals surface area (Å²) in [6.07, 6.45) is 0. The van der Waals surface area contributed by atoms with Crippen LogP contribution in [0.3, 0.4) is 0 Å². The third-order valence-electron chi connectivity index (χ3n) is 4.33. The molecule has 0 spiro atoms. The van der Waals surface area contributed by atoms with Gasteiger partial charge in [0.05, 0.1) is 22.8 Å². The molecule has 0 aliphatic heterocycles. The van der Waals surface area contributed by atoms with Crippen LogP contribution >= 0.6 is 34.7 Å². The Balaban J connectivity index is 1.69. The van der Waals surface area contributed by atoms with Gasteiger partial charge in [-0.1, -0.05) is 41.9 Å². The van der Waals surface area contributed by atoms with Crippen molar-refractivity contribution in [1.82, 2.24) is 15.2 Å². The number of hydrogen-bond donors (Lipinski definition) is 1. The van der Waals surface area contributed by atoms with Crippen LogP contribution in [0.1, 0.15) is 27.7 Å². The molecule has 0 saturated heterocycles. The summed E-state index contributed by atoms with van der Waals surface area (Å²) < 4.78 is 0. The molecule has 1 unspecified atom stereocenters. The van der Waals surface area contributed by atoms with Crippen LogP contribution < -0.4 is 5.32 Å². The van der Waals surface area contributed by atoms with Crippen LogP contribution in [-0.4, -0.2) is 36.4 Å². The lowest BCUT2D eigenvalue weighted by atomic mass is 10.1. The fourth-order valence-corrected chi connectivity index (χ4v) is 4.72. The zero-order valence-electron chi connectivity index (χ0n) is 15.8. The van der Waals surface area contributed by atoms with Crippen molar-refractivity contribution in [3.8, 4) is 0 Å². The highest BCUT2D eigenvalue weighted by atomic mass is 35.5. The average Bonchev–Trinajstić information content (AvgIpc) is 3.21. The van der Waals surface area contributed by atoms with Crippen LogP contribution in [-0.2, 0) is 5.75 Å². The van der Waals surface area contributed by atoms with E-state index in [-0.39, 0.29) is 11.9 Å². The van der Waals surface area contributed by atoms with Gasteiger partial charge in [0.15, 0.2) is 0 Å². The van der Waals surface area contributed by atoms with Crippen LogP contribution in [0.4, 0.5) is 0 Å². The van der Waals surface area contributed by atoms with E-state index in [9.17, 15) is 4.79 Å². The topological polar surface area (TPSA) is 45.2 Å². The number of nitrogens with zero attached hydrogens (tertiary/aromatic N) is 2. The molecule has 0 bridgehead atoms. The van der Waals surface area contributed by atoms with Gasteiger partial charge >= 0.3 is 0 Å². The Morgan fingerprint density at radius 3 is 2.68 bits per heavy atom. The Morgan fingerprint density at radius 2 is 1.96 bits per heavy atom. The summed E-state index contributed by atoms with van der Waals surface area (Å²) >= 11 is 9.57. The second-order valence-electron chi connectivity index (χ2n) is 6.48. The number of carbonyl (C=O) groups excluding carboxylic acids is 1. The van der Waals surface area contributed by atoms with Crippen molar-refractivity contribution < 1.29 is 4.79 Å². The standard InChI is InChI=1S/C21H22ClN3OS2/c1-25(2)19(16-7-3-5-9-18(16)22)11-23-21(26)17-8-4-6-10-20(17)28-13-15-12-27-14-24-15/h3-10,12,14,19H,11,13H2,1-2H3,(H,23,26). The van der Waals surface area contributed by atoms with E-state index in [0.29, 0.717) is 17.1 Å². The molecule has 0 aliphatic rings. The maximum absolute atomic E-state index is 12.9. The van der Waals surface area contributed by atoms with Crippen LogP contribution in [0, 0.1) is 0 Å². The maximum atomic E-state index is 12.9. The van der Waals surface area contributed by atoms with Crippen molar-refractivity contribution in [2.75, 3.05) is 20.6 Å². The summed E-state index contributed by atoms with van der Waals surface area (Å²) in [5.41, 5.74) is 4.53. The van der Waals surface area contributed by atoms with E-state index < -0.39 is 0 Å². The number of nitrogens with one attached hydrogen (secondary N) is 1. The minimum atomic E-state index is -0.0831. The first kappa shape index (κ1) is 20.9. The van der Waals surface area contributed by atoms with E-state index >= 15 is 0 Å². The first-order valence-electron chi connectivity index (χ1n) is 8.84. The van der Waals surface area contributed by atoms with E-state index in [4.69, 9.17) is 11.6 Å². The van der Waals surface area contributed by atoms with E-state index in [0.717, 1.165) is 21.9 Å². The van der Waals surface area contributed by atoms with Gasteiger partial charge in [0.2, 0.25) is 0 Å². The minimum Gasteiger partial charge on any atom is -0.350 e. The second kappa shape index (κ2) is 10.1. The largest absolute Gasteiger partial charge is 0.350 e. The predicted octanol–water partition coefficient (Wildman–Crippen LogP) is 5.12. The van der Waals surface area contributed by atoms with Crippen LogP contribution in [0.5, 0.6) is 0 Å². The highest BCUT2D eigenvalue weighted by Gasteiger charge is 2.19. The third kappa shape index (κ3) is 5.35. The highest BCUT2D eigenvalue weighted by Crippen LogP contribution is 2.28. The Labute approximate surface area is 178 Å². The molecule has 4 nitrogen and oxygen atoms in total. The molecule has 0 fully saturated rings. The average molecular weight is 432 g/mol. The van der Waals surface area contributed by atoms with Crippen molar-refractivity contribution in [3.05, 3.63) is 81.3 Å². The molecule has 0 saturated carbocycles. The number of thioether (sulfide) groups is 1. The lowest BCUT2D eigenvalue weighted by Crippen LogP contribution is -2.34. The summed E-state index contributed by atoms with van der Waals surface area (Å²) in [5, 5.41) is 5.81. The Bertz CT molecular complexity index is 916. The smallest absolute Gasteiger partial charge is 0.252 e. The summed E-state index contributed by atoms with van der Waals surface area (Å²) in [6, 6.07) is 15.4. The number of halogens is 1. The van der Waals surface area contributed by atoms with Gasteiger partial charge in [0.1, 0.15) is 0 Å². The summed E-state index contributed by atoms with van der Waals surface area (Å²) in [4.78, 5) is 20.2. The molecule has 1 amide bonds. The van der Waals surface area contributed by atoms with Gasteiger partial charge in [0.25, 0.3) is 5.91 Å². The molecule has 3 rings (SSSR count). The van der Waals surface area contributed by atoms with Gasteiger partial charge in [-0.05, 0) is 37.9 Å². The monoisotopic (exact) mass is 431 g/mol. The van der Waals surface area contributed by atoms with E-state index in [1.165, 1.54) is 0 Å². The number of amides is 1. The number of aromatic nitrogens is 1. The molecule has 1 N–H and O–H groups in total. The summed E-state index contributed by atoms with van der Waals surface area (Å²) in [7, 11) is 3.97. The van der Waals surface area contributed by atoms with Crippen molar-refractivity contribution in [2.24, 2.45) is 0 Å². The maximum Gasteiger partial charge on any atom is 0.252 e. The van der Waals surface area contributed by atoms with Crippen molar-refractivity contribution in [3.63, 3.8) is 0 Å². The van der Waals surface area contributed by atoms with Gasteiger partial charge < -0.3 is 10.2 Å². The number of benzene rings is 2. The zero-order chi connectivity index (χ0) is 19.9. The molecule has 28 heavy (non-hydrogen) atoms. The van der Waals surface area contributed by atoms with Gasteiger partial charge in [0, 0.05) is 27.6 Å². The fraction of sp³-hybridized carbons (Fsp3) is 0.238. The third-order valence-corrected chi connectivity index (χ3v) is 6.42. The molecule has 146 valence electrons. The van der Waals surface area contributed by atoms with E-state index in [1.807, 2.05) is 73.5 Å². The fourth-order valence-electron chi connectivity index (χ4n) is 2.84. The molecular weight excluding hydrogens is 410 g/mol. The molecule has 1 heterocycles. The highest BCUT2D eigenvalue weighted by molar-refractivity contribution is 7.98. The number of thiazole rings is 1. The molecule has 1 aromatic heterocycles. The molecular formula is C21H22ClN3OS2. The van der Waals surface area contributed by atoms with Gasteiger partial charge in [-0.15, -0.1) is 23.1 Å².